The highest BCUT2D eigenvalue weighted by molar-refractivity contribution is 9.10. The molecule has 2 rings (SSSR count). The summed E-state index contributed by atoms with van der Waals surface area (Å²) in [5, 5.41) is 5.63. The van der Waals surface area contributed by atoms with E-state index in [1.807, 2.05) is 19.6 Å². The maximum Gasteiger partial charge on any atom is 0.0946 e. The summed E-state index contributed by atoms with van der Waals surface area (Å²) in [6, 6.07) is 2.43. The number of aryl methyl sites for hydroxylation is 1. The molecule has 1 N–H and O–H groups in total. The molecule has 0 aliphatic heterocycles. The molecule has 0 aliphatic rings. The number of rotatable bonds is 5. The third kappa shape index (κ3) is 2.97. The van der Waals surface area contributed by atoms with Crippen molar-refractivity contribution in [3.05, 3.63) is 39.0 Å². The summed E-state index contributed by atoms with van der Waals surface area (Å²) >= 11 is 5.38. The number of halogens is 1. The van der Waals surface area contributed by atoms with Gasteiger partial charge in [0, 0.05) is 29.0 Å². The van der Waals surface area contributed by atoms with Gasteiger partial charge in [0.1, 0.15) is 0 Å². The molecule has 2 aromatic rings. The van der Waals surface area contributed by atoms with Crippen molar-refractivity contribution in [1.82, 2.24) is 14.9 Å². The van der Waals surface area contributed by atoms with Crippen LogP contribution in [0.15, 0.2) is 28.4 Å². The van der Waals surface area contributed by atoms with Crippen molar-refractivity contribution in [2.24, 2.45) is 7.05 Å². The van der Waals surface area contributed by atoms with Gasteiger partial charge < -0.3 is 9.88 Å². The highest BCUT2D eigenvalue weighted by Crippen LogP contribution is 2.28. The Bertz CT molecular complexity index is 478. The van der Waals surface area contributed by atoms with Gasteiger partial charge in [0.25, 0.3) is 0 Å². The first kappa shape index (κ1) is 12.8. The number of hydrogen-bond acceptors (Lipinski definition) is 3. The fourth-order valence-electron chi connectivity index (χ4n) is 1.89. The summed E-state index contributed by atoms with van der Waals surface area (Å²) in [4.78, 5) is 5.56. The molecule has 3 nitrogen and oxygen atoms in total. The van der Waals surface area contributed by atoms with Gasteiger partial charge in [-0.25, -0.2) is 4.98 Å². The summed E-state index contributed by atoms with van der Waals surface area (Å²) in [7, 11) is 2.04. The van der Waals surface area contributed by atoms with E-state index in [1.54, 1.807) is 11.3 Å². The van der Waals surface area contributed by atoms with Gasteiger partial charge >= 0.3 is 0 Å². The smallest absolute Gasteiger partial charge is 0.0946 e. The molecule has 1 atom stereocenters. The van der Waals surface area contributed by atoms with Crippen molar-refractivity contribution in [1.29, 1.82) is 0 Å². The zero-order valence-electron chi connectivity index (χ0n) is 9.98. The van der Waals surface area contributed by atoms with Gasteiger partial charge in [0.05, 0.1) is 18.1 Å². The van der Waals surface area contributed by atoms with Crippen molar-refractivity contribution < 1.29 is 0 Å². The van der Waals surface area contributed by atoms with E-state index in [0.717, 1.165) is 13.0 Å². The monoisotopic (exact) mass is 313 g/mol. The van der Waals surface area contributed by atoms with Crippen LogP contribution in [0.1, 0.15) is 23.5 Å². The number of aromatic nitrogens is 2. The summed E-state index contributed by atoms with van der Waals surface area (Å²) < 4.78 is 3.28. The molecule has 0 bridgehead atoms. The fraction of sp³-hybridized carbons (Fsp3) is 0.417. The highest BCUT2D eigenvalue weighted by atomic mass is 79.9. The van der Waals surface area contributed by atoms with Crippen LogP contribution in [-0.2, 0) is 13.5 Å². The average Bonchev–Trinajstić information content (AvgIpc) is 2.88. The summed E-state index contributed by atoms with van der Waals surface area (Å²) in [5.74, 6) is 0. The van der Waals surface area contributed by atoms with Gasteiger partial charge in [0.15, 0.2) is 0 Å². The number of imidazole rings is 1. The highest BCUT2D eigenvalue weighted by Gasteiger charge is 2.16. The van der Waals surface area contributed by atoms with Crippen LogP contribution in [0.2, 0.25) is 0 Å². The molecule has 0 fully saturated rings. The van der Waals surface area contributed by atoms with Gasteiger partial charge in [-0.2, -0.15) is 0 Å². The van der Waals surface area contributed by atoms with Crippen molar-refractivity contribution in [2.75, 3.05) is 6.54 Å². The third-order valence-corrected chi connectivity index (χ3v) is 4.69. The molecule has 0 aliphatic carbocycles. The van der Waals surface area contributed by atoms with E-state index < -0.39 is 0 Å². The first-order chi connectivity index (χ1) is 8.22. The maximum absolute atomic E-state index is 4.19. The molecular formula is C12H16BrN3S. The largest absolute Gasteiger partial charge is 0.336 e. The lowest BCUT2D eigenvalue weighted by molar-refractivity contribution is 0.523. The Labute approximate surface area is 114 Å². The maximum atomic E-state index is 4.19. The van der Waals surface area contributed by atoms with E-state index in [2.05, 4.69) is 49.2 Å². The molecule has 0 aromatic carbocycles. The lowest BCUT2D eigenvalue weighted by atomic mass is 10.1. The van der Waals surface area contributed by atoms with Crippen LogP contribution < -0.4 is 5.32 Å². The molecule has 2 aromatic heterocycles. The predicted molar refractivity (Wildman–Crippen MR) is 75.3 cm³/mol. The van der Waals surface area contributed by atoms with Gasteiger partial charge in [-0.1, -0.05) is 6.92 Å². The number of thiophene rings is 1. The molecule has 2 heterocycles. The SMILES string of the molecule is CCNC(Cc1sccc1Br)c1cncn1C. The number of nitrogens with zero attached hydrogens (tertiary/aromatic N) is 2. The second kappa shape index (κ2) is 5.80. The average molecular weight is 314 g/mol. The Morgan fingerprint density at radius 2 is 2.41 bits per heavy atom. The molecule has 0 amide bonds. The van der Waals surface area contributed by atoms with Crippen molar-refractivity contribution in [2.45, 2.75) is 19.4 Å². The minimum Gasteiger partial charge on any atom is -0.336 e. The first-order valence-corrected chi connectivity index (χ1v) is 7.31. The Balaban J connectivity index is 2.19. The van der Waals surface area contributed by atoms with Gasteiger partial charge in [-0.3, -0.25) is 0 Å². The lowest BCUT2D eigenvalue weighted by Crippen LogP contribution is -2.24. The molecule has 5 heteroatoms. The molecule has 0 spiro atoms. The normalized spacial score (nSPS) is 12.9. The van der Waals surface area contributed by atoms with Gasteiger partial charge in [-0.05, 0) is 33.9 Å². The quantitative estimate of drug-likeness (QED) is 0.919. The van der Waals surface area contributed by atoms with E-state index in [0.29, 0.717) is 6.04 Å². The van der Waals surface area contributed by atoms with Crippen LogP contribution in [0.4, 0.5) is 0 Å². The van der Waals surface area contributed by atoms with Crippen LogP contribution in [-0.4, -0.2) is 16.1 Å². The minimum absolute atomic E-state index is 0.322. The molecule has 0 saturated heterocycles. The standard InChI is InChI=1S/C12H16BrN3S/c1-3-15-10(11-7-14-8-16(11)2)6-12-9(13)4-5-17-12/h4-5,7-8,10,15H,3,6H2,1-2H3. The Morgan fingerprint density at radius 1 is 1.59 bits per heavy atom. The predicted octanol–water partition coefficient (Wildman–Crippen LogP) is 3.14. The zero-order chi connectivity index (χ0) is 12.3. The topological polar surface area (TPSA) is 29.9 Å². The Hall–Kier alpha value is -0.650. The molecule has 0 radical (unpaired) electrons. The van der Waals surface area contributed by atoms with E-state index in [4.69, 9.17) is 0 Å². The molecule has 17 heavy (non-hydrogen) atoms. The van der Waals surface area contributed by atoms with Crippen molar-refractivity contribution in [3.63, 3.8) is 0 Å². The molecular weight excluding hydrogens is 298 g/mol. The van der Waals surface area contributed by atoms with Crippen LogP contribution >= 0.6 is 27.3 Å². The van der Waals surface area contributed by atoms with Crippen LogP contribution in [0.3, 0.4) is 0 Å². The van der Waals surface area contributed by atoms with E-state index >= 15 is 0 Å². The summed E-state index contributed by atoms with van der Waals surface area (Å²) in [6.45, 7) is 3.09. The van der Waals surface area contributed by atoms with Crippen LogP contribution in [0.25, 0.3) is 0 Å². The Morgan fingerprint density at radius 3 is 2.94 bits per heavy atom. The number of likely N-dealkylation sites (N-methyl/N-ethyl adjacent to an activating group) is 1. The fourth-order valence-corrected chi connectivity index (χ4v) is 3.45. The Kier molecular flexibility index (Phi) is 4.36. The van der Waals surface area contributed by atoms with Crippen molar-refractivity contribution in [3.8, 4) is 0 Å². The lowest BCUT2D eigenvalue weighted by Gasteiger charge is -2.17. The zero-order valence-corrected chi connectivity index (χ0v) is 12.4. The van der Waals surface area contributed by atoms with Crippen LogP contribution in [0, 0.1) is 0 Å². The second-order valence-corrected chi connectivity index (χ2v) is 5.79. The minimum atomic E-state index is 0.322. The number of nitrogens with one attached hydrogen (secondary N) is 1. The second-order valence-electron chi connectivity index (χ2n) is 3.94. The van der Waals surface area contributed by atoms with E-state index in [1.165, 1.54) is 15.0 Å². The van der Waals surface area contributed by atoms with E-state index in [-0.39, 0.29) is 0 Å². The van der Waals surface area contributed by atoms with E-state index in [9.17, 15) is 0 Å². The summed E-state index contributed by atoms with van der Waals surface area (Å²) in [5.41, 5.74) is 1.23. The third-order valence-electron chi connectivity index (χ3n) is 2.74. The molecule has 92 valence electrons. The van der Waals surface area contributed by atoms with Crippen molar-refractivity contribution >= 4 is 27.3 Å². The number of hydrogen-bond donors (Lipinski definition) is 1. The first-order valence-electron chi connectivity index (χ1n) is 5.63. The summed E-state index contributed by atoms with van der Waals surface area (Å²) in [6.07, 6.45) is 4.78. The molecule has 0 saturated carbocycles. The molecule has 1 unspecified atom stereocenters. The van der Waals surface area contributed by atoms with Crippen LogP contribution in [0.5, 0.6) is 0 Å². The van der Waals surface area contributed by atoms with Gasteiger partial charge in [0.2, 0.25) is 0 Å². The van der Waals surface area contributed by atoms with Gasteiger partial charge in [-0.15, -0.1) is 11.3 Å².